The summed E-state index contributed by atoms with van der Waals surface area (Å²) in [6, 6.07) is 0. The molecule has 0 aliphatic rings. The summed E-state index contributed by atoms with van der Waals surface area (Å²) in [6.07, 6.45) is 3.49. The number of hydrogen-bond acceptors (Lipinski definition) is 4. The van der Waals surface area contributed by atoms with E-state index < -0.39 is 5.97 Å². The zero-order valence-electron chi connectivity index (χ0n) is 10.6. The quantitative estimate of drug-likeness (QED) is 0.719. The highest BCUT2D eigenvalue weighted by Gasteiger charge is 2.12. The van der Waals surface area contributed by atoms with Crippen molar-refractivity contribution in [2.75, 3.05) is 33.7 Å². The van der Waals surface area contributed by atoms with Gasteiger partial charge in [-0.25, -0.2) is 4.98 Å². The van der Waals surface area contributed by atoms with Crippen molar-refractivity contribution in [3.63, 3.8) is 0 Å². The van der Waals surface area contributed by atoms with Crippen LogP contribution in [0.3, 0.4) is 0 Å². The predicted octanol–water partition coefficient (Wildman–Crippen LogP) is -0.132. The molecule has 0 atom stereocenters. The van der Waals surface area contributed by atoms with Gasteiger partial charge in [0, 0.05) is 32.9 Å². The first-order valence-electron chi connectivity index (χ1n) is 5.53. The first-order chi connectivity index (χ1) is 7.99. The molecule has 1 aromatic rings. The lowest BCUT2D eigenvalue weighted by atomic mass is 10.3. The third-order valence-corrected chi connectivity index (χ3v) is 2.52. The number of aromatic nitrogens is 2. The van der Waals surface area contributed by atoms with Crippen LogP contribution in [0.15, 0.2) is 12.5 Å². The molecule has 96 valence electrons. The van der Waals surface area contributed by atoms with Crippen molar-refractivity contribution in [2.24, 2.45) is 7.05 Å². The van der Waals surface area contributed by atoms with Gasteiger partial charge in [0.1, 0.15) is 0 Å². The number of nitrogens with zero attached hydrogens (tertiary/aromatic N) is 4. The Bertz CT molecular complexity index is 362. The Hall–Kier alpha value is -1.40. The number of carboxylic acids is 1. The first kappa shape index (κ1) is 13.7. The summed E-state index contributed by atoms with van der Waals surface area (Å²) < 4.78 is 1.91. The number of aryl methyl sites for hydroxylation is 1. The highest BCUT2D eigenvalue weighted by atomic mass is 16.4. The van der Waals surface area contributed by atoms with Gasteiger partial charge in [0.05, 0.1) is 18.6 Å². The van der Waals surface area contributed by atoms with Gasteiger partial charge in [0.15, 0.2) is 0 Å². The van der Waals surface area contributed by atoms with Crippen LogP contribution < -0.4 is 0 Å². The summed E-state index contributed by atoms with van der Waals surface area (Å²) in [4.78, 5) is 18.8. The van der Waals surface area contributed by atoms with Crippen molar-refractivity contribution in [3.8, 4) is 0 Å². The number of likely N-dealkylation sites (N-methyl/N-ethyl adjacent to an activating group) is 1. The topological polar surface area (TPSA) is 61.6 Å². The number of carbonyl (C=O) groups is 1. The molecule has 17 heavy (non-hydrogen) atoms. The van der Waals surface area contributed by atoms with E-state index >= 15 is 0 Å². The minimum atomic E-state index is -0.800. The van der Waals surface area contributed by atoms with E-state index in [9.17, 15) is 4.79 Å². The van der Waals surface area contributed by atoms with Crippen LogP contribution in [-0.2, 0) is 18.4 Å². The fourth-order valence-electron chi connectivity index (χ4n) is 1.51. The van der Waals surface area contributed by atoms with Crippen molar-refractivity contribution in [2.45, 2.75) is 6.54 Å². The molecule has 0 saturated heterocycles. The van der Waals surface area contributed by atoms with Gasteiger partial charge in [-0.05, 0) is 14.1 Å². The maximum atomic E-state index is 10.8. The van der Waals surface area contributed by atoms with E-state index in [-0.39, 0.29) is 6.54 Å². The number of aliphatic carboxylic acids is 1. The Morgan fingerprint density at radius 1 is 1.47 bits per heavy atom. The number of hydrogen-bond donors (Lipinski definition) is 1. The highest BCUT2D eigenvalue weighted by molar-refractivity contribution is 5.69. The summed E-state index contributed by atoms with van der Waals surface area (Å²) in [5.41, 5.74) is 1.02. The Kier molecular flexibility index (Phi) is 5.11. The lowest BCUT2D eigenvalue weighted by Gasteiger charge is -2.22. The largest absolute Gasteiger partial charge is 0.480 e. The van der Waals surface area contributed by atoms with E-state index in [1.54, 1.807) is 12.5 Å². The normalized spacial score (nSPS) is 11.4. The molecule has 0 bridgehead atoms. The fraction of sp³-hybridized carbons (Fsp3) is 0.636. The third kappa shape index (κ3) is 4.97. The van der Waals surface area contributed by atoms with Gasteiger partial charge < -0.3 is 14.6 Å². The van der Waals surface area contributed by atoms with Crippen LogP contribution in [0.4, 0.5) is 0 Å². The van der Waals surface area contributed by atoms with E-state index in [1.165, 1.54) is 0 Å². The standard InChI is InChI=1S/C11H20N4O2/c1-13(2)4-5-15(8-11(16)17)7-10-6-12-9-14(10)3/h6,9H,4-5,7-8H2,1-3H3,(H,16,17). The van der Waals surface area contributed by atoms with E-state index in [1.807, 2.05) is 35.5 Å². The van der Waals surface area contributed by atoms with Crippen molar-refractivity contribution in [3.05, 3.63) is 18.2 Å². The summed E-state index contributed by atoms with van der Waals surface area (Å²) in [5, 5.41) is 8.87. The van der Waals surface area contributed by atoms with Crippen molar-refractivity contribution < 1.29 is 9.90 Å². The Morgan fingerprint density at radius 2 is 2.18 bits per heavy atom. The molecule has 6 heteroatoms. The van der Waals surface area contributed by atoms with Gasteiger partial charge in [-0.15, -0.1) is 0 Å². The monoisotopic (exact) mass is 240 g/mol. The minimum Gasteiger partial charge on any atom is -0.480 e. The molecule has 1 aromatic heterocycles. The van der Waals surface area contributed by atoms with Crippen LogP contribution in [-0.4, -0.2) is 64.2 Å². The maximum Gasteiger partial charge on any atom is 0.317 e. The SMILES string of the molecule is CN(C)CCN(CC(=O)O)Cc1cncn1C. The Balaban J connectivity index is 2.57. The smallest absolute Gasteiger partial charge is 0.317 e. The molecular weight excluding hydrogens is 220 g/mol. The molecule has 1 rings (SSSR count). The summed E-state index contributed by atoms with van der Waals surface area (Å²) in [5.74, 6) is -0.800. The van der Waals surface area contributed by atoms with E-state index in [4.69, 9.17) is 5.11 Å². The number of imidazole rings is 1. The second kappa shape index (κ2) is 6.36. The molecule has 0 aliphatic heterocycles. The molecule has 0 spiro atoms. The van der Waals surface area contributed by atoms with E-state index in [0.717, 1.165) is 18.8 Å². The van der Waals surface area contributed by atoms with Gasteiger partial charge >= 0.3 is 5.97 Å². The molecule has 0 fully saturated rings. The molecule has 0 aliphatic carbocycles. The average molecular weight is 240 g/mol. The molecule has 0 aromatic carbocycles. The fourth-order valence-corrected chi connectivity index (χ4v) is 1.51. The summed E-state index contributed by atoms with van der Waals surface area (Å²) in [6.45, 7) is 2.23. The van der Waals surface area contributed by atoms with Gasteiger partial charge in [-0.3, -0.25) is 9.69 Å². The van der Waals surface area contributed by atoms with Crippen LogP contribution in [0, 0.1) is 0 Å². The predicted molar refractivity (Wildman–Crippen MR) is 64.7 cm³/mol. The lowest BCUT2D eigenvalue weighted by molar-refractivity contribution is -0.138. The zero-order valence-corrected chi connectivity index (χ0v) is 10.6. The van der Waals surface area contributed by atoms with Crippen LogP contribution in [0.2, 0.25) is 0 Å². The zero-order chi connectivity index (χ0) is 12.8. The van der Waals surface area contributed by atoms with Gasteiger partial charge in [-0.1, -0.05) is 0 Å². The maximum absolute atomic E-state index is 10.8. The van der Waals surface area contributed by atoms with Crippen LogP contribution in [0.5, 0.6) is 0 Å². The second-order valence-electron chi connectivity index (χ2n) is 4.40. The van der Waals surface area contributed by atoms with E-state index in [2.05, 4.69) is 4.98 Å². The average Bonchev–Trinajstić information content (AvgIpc) is 2.60. The summed E-state index contributed by atoms with van der Waals surface area (Å²) in [7, 11) is 5.86. The molecule has 6 nitrogen and oxygen atoms in total. The van der Waals surface area contributed by atoms with Crippen LogP contribution in [0.1, 0.15) is 5.69 Å². The van der Waals surface area contributed by atoms with Crippen molar-refractivity contribution in [1.29, 1.82) is 0 Å². The van der Waals surface area contributed by atoms with Crippen LogP contribution in [0.25, 0.3) is 0 Å². The molecular formula is C11H20N4O2. The summed E-state index contributed by atoms with van der Waals surface area (Å²) >= 11 is 0. The Morgan fingerprint density at radius 3 is 2.65 bits per heavy atom. The molecule has 0 saturated carbocycles. The molecule has 1 heterocycles. The van der Waals surface area contributed by atoms with Crippen molar-refractivity contribution >= 4 is 5.97 Å². The molecule has 0 unspecified atom stereocenters. The minimum absolute atomic E-state index is 0.0546. The number of rotatable bonds is 7. The van der Waals surface area contributed by atoms with Crippen LogP contribution >= 0.6 is 0 Å². The second-order valence-corrected chi connectivity index (χ2v) is 4.40. The molecule has 0 amide bonds. The van der Waals surface area contributed by atoms with Gasteiger partial charge in [-0.2, -0.15) is 0 Å². The van der Waals surface area contributed by atoms with Crippen molar-refractivity contribution in [1.82, 2.24) is 19.4 Å². The lowest BCUT2D eigenvalue weighted by Crippen LogP contribution is -2.35. The van der Waals surface area contributed by atoms with E-state index in [0.29, 0.717) is 6.54 Å². The Labute approximate surface area is 101 Å². The molecule has 1 N–H and O–H groups in total. The third-order valence-electron chi connectivity index (χ3n) is 2.52. The van der Waals surface area contributed by atoms with Gasteiger partial charge in [0.2, 0.25) is 0 Å². The molecule has 0 radical (unpaired) electrons. The number of carboxylic acid groups (broad SMARTS) is 1. The highest BCUT2D eigenvalue weighted by Crippen LogP contribution is 2.02. The first-order valence-corrected chi connectivity index (χ1v) is 5.53. The van der Waals surface area contributed by atoms with Gasteiger partial charge in [0.25, 0.3) is 0 Å².